The highest BCUT2D eigenvalue weighted by Gasteiger charge is 2.51. The summed E-state index contributed by atoms with van der Waals surface area (Å²) >= 11 is 0. The molecule has 29 heavy (non-hydrogen) atoms. The normalized spacial score (nSPS) is 42.1. The minimum Gasteiger partial charge on any atom is -0.336 e. The Morgan fingerprint density at radius 3 is 2.52 bits per heavy atom. The minimum atomic E-state index is -0.0446. The summed E-state index contributed by atoms with van der Waals surface area (Å²) in [4.78, 5) is 17.7. The van der Waals surface area contributed by atoms with E-state index in [1.54, 1.807) is 5.01 Å². The lowest BCUT2D eigenvalue weighted by atomic mass is 9.49. The molecule has 1 N–H and O–H groups in total. The topological polar surface area (TPSA) is 70.0 Å². The molecule has 0 spiro atoms. The Hall–Kier alpha value is -1.98. The van der Waals surface area contributed by atoms with Crippen molar-refractivity contribution in [3.05, 3.63) is 30.1 Å². The van der Waals surface area contributed by atoms with Crippen molar-refractivity contribution in [3.63, 3.8) is 0 Å². The summed E-state index contributed by atoms with van der Waals surface area (Å²) in [6, 6.07) is 6.29. The number of hydrogen-bond donors (Lipinski definition) is 1. The van der Waals surface area contributed by atoms with Crippen molar-refractivity contribution in [3.8, 4) is 0 Å². The molecular formula is C23H31N5O. The predicted octanol–water partition coefficient (Wildman–Crippen LogP) is 4.70. The molecule has 6 nitrogen and oxygen atoms in total. The maximum Gasteiger partial charge on any atom is 0.339 e. The number of urea groups is 1. The van der Waals surface area contributed by atoms with Gasteiger partial charge in [-0.3, -0.25) is 4.98 Å². The van der Waals surface area contributed by atoms with Crippen molar-refractivity contribution in [1.29, 1.82) is 0 Å². The maximum atomic E-state index is 13.1. The van der Waals surface area contributed by atoms with Crippen molar-refractivity contribution in [1.82, 2.24) is 15.3 Å². The van der Waals surface area contributed by atoms with Crippen molar-refractivity contribution < 1.29 is 4.79 Å². The van der Waals surface area contributed by atoms with Crippen LogP contribution in [0.4, 0.5) is 4.79 Å². The fourth-order valence-corrected chi connectivity index (χ4v) is 7.66. The molecule has 3 heterocycles. The standard InChI is InChI=1S/C23H31N5O/c29-22(25-14-23-11-15-7-16(12-23)9-17(8-15)13-23)28-18-4-5-21(26-27-28)19(10-18)20-3-1-2-6-24-20/h1-3,6,15-19,21H,4-5,7-14H2,(H,25,29)/t15?,16?,17?,18?,19-,21-,23?/m0/s1. The largest absolute Gasteiger partial charge is 0.339 e. The SMILES string of the molecule is O=C(NCC12CC3CC(CC(C3)C1)C2)N1N=N[C@H]2CCC1C[C@H]2c1ccccn1. The molecular weight excluding hydrogens is 362 g/mol. The third-order valence-corrected chi connectivity index (χ3v) is 8.48. The zero-order chi connectivity index (χ0) is 19.4. The molecule has 5 aliphatic carbocycles. The fraction of sp³-hybridized carbons (Fsp3) is 0.739. The van der Waals surface area contributed by atoms with Crippen LogP contribution in [-0.4, -0.2) is 34.7 Å². The van der Waals surface area contributed by atoms with Crippen LogP contribution < -0.4 is 5.32 Å². The van der Waals surface area contributed by atoms with E-state index in [0.717, 1.165) is 49.3 Å². The van der Waals surface area contributed by atoms with Crippen LogP contribution in [0.15, 0.2) is 34.7 Å². The molecule has 6 bridgehead atoms. The third kappa shape index (κ3) is 3.15. The molecule has 1 aromatic rings. The van der Waals surface area contributed by atoms with Gasteiger partial charge in [-0.2, -0.15) is 10.1 Å². The van der Waals surface area contributed by atoms with Gasteiger partial charge in [0.1, 0.15) is 0 Å². The molecule has 0 aromatic carbocycles. The summed E-state index contributed by atoms with van der Waals surface area (Å²) in [5.74, 6) is 2.99. The molecule has 1 unspecified atom stereocenters. The smallest absolute Gasteiger partial charge is 0.336 e. The van der Waals surface area contributed by atoms with E-state index in [9.17, 15) is 4.79 Å². The van der Waals surface area contributed by atoms with Crippen molar-refractivity contribution in [2.75, 3.05) is 6.54 Å². The van der Waals surface area contributed by atoms with Crippen LogP contribution in [0, 0.1) is 23.2 Å². The highest BCUT2D eigenvalue weighted by molar-refractivity contribution is 5.74. The number of nitrogens with zero attached hydrogens (tertiary/aromatic N) is 4. The van der Waals surface area contributed by atoms with E-state index in [0.29, 0.717) is 5.41 Å². The maximum absolute atomic E-state index is 13.1. The second-order valence-electron chi connectivity index (χ2n) is 10.5. The minimum absolute atomic E-state index is 0.0446. The monoisotopic (exact) mass is 393 g/mol. The van der Waals surface area contributed by atoms with E-state index in [1.807, 2.05) is 18.3 Å². The van der Waals surface area contributed by atoms with Crippen LogP contribution in [0.5, 0.6) is 0 Å². The predicted molar refractivity (Wildman–Crippen MR) is 109 cm³/mol. The number of aromatic nitrogens is 1. The summed E-state index contributed by atoms with van der Waals surface area (Å²) in [5.41, 5.74) is 1.43. The first-order chi connectivity index (χ1) is 14.2. The number of carbonyl (C=O) groups excluding carboxylic acids is 1. The number of amides is 2. The summed E-state index contributed by atoms with van der Waals surface area (Å²) < 4.78 is 0. The molecule has 154 valence electrons. The molecule has 2 amide bonds. The molecule has 8 rings (SSSR count). The van der Waals surface area contributed by atoms with Gasteiger partial charge in [0.15, 0.2) is 0 Å². The molecule has 1 aromatic heterocycles. The van der Waals surface area contributed by atoms with Crippen LogP contribution >= 0.6 is 0 Å². The van der Waals surface area contributed by atoms with Crippen LogP contribution in [-0.2, 0) is 0 Å². The first kappa shape index (κ1) is 17.8. The van der Waals surface area contributed by atoms with E-state index in [4.69, 9.17) is 0 Å². The summed E-state index contributed by atoms with van der Waals surface area (Å²) in [5, 5.41) is 13.9. The molecule has 5 saturated carbocycles. The Morgan fingerprint density at radius 2 is 1.83 bits per heavy atom. The number of hydrogen-bond acceptors (Lipinski definition) is 4. The Morgan fingerprint density at radius 1 is 1.07 bits per heavy atom. The first-order valence-corrected chi connectivity index (χ1v) is 11.6. The van der Waals surface area contributed by atoms with E-state index < -0.39 is 0 Å². The quantitative estimate of drug-likeness (QED) is 0.809. The van der Waals surface area contributed by atoms with Gasteiger partial charge in [0.05, 0.1) is 12.1 Å². The number of rotatable bonds is 3. The molecule has 7 aliphatic rings. The zero-order valence-corrected chi connectivity index (χ0v) is 17.0. The Labute approximate surface area is 172 Å². The molecule has 0 saturated heterocycles. The van der Waals surface area contributed by atoms with E-state index >= 15 is 0 Å². The Bertz CT molecular complexity index is 773. The average Bonchev–Trinajstić information content (AvgIpc) is 3.04. The summed E-state index contributed by atoms with van der Waals surface area (Å²) in [6.07, 6.45) is 13.0. The molecule has 3 atom stereocenters. The van der Waals surface area contributed by atoms with E-state index in [1.165, 1.54) is 38.5 Å². The Kier molecular flexibility index (Phi) is 4.17. The average molecular weight is 394 g/mol. The highest BCUT2D eigenvalue weighted by atomic mass is 16.2. The number of nitrogens with one attached hydrogen (secondary N) is 1. The molecule has 2 aliphatic heterocycles. The van der Waals surface area contributed by atoms with E-state index in [2.05, 4.69) is 26.7 Å². The van der Waals surface area contributed by atoms with Crippen LogP contribution in [0.1, 0.15) is 69.4 Å². The van der Waals surface area contributed by atoms with Gasteiger partial charge in [-0.15, -0.1) is 0 Å². The van der Waals surface area contributed by atoms with Gasteiger partial charge >= 0.3 is 6.03 Å². The van der Waals surface area contributed by atoms with Gasteiger partial charge in [-0.05, 0) is 93.1 Å². The van der Waals surface area contributed by atoms with Crippen molar-refractivity contribution in [2.24, 2.45) is 33.5 Å². The highest BCUT2D eigenvalue weighted by Crippen LogP contribution is 2.59. The van der Waals surface area contributed by atoms with Crippen molar-refractivity contribution >= 4 is 6.03 Å². The van der Waals surface area contributed by atoms with Gasteiger partial charge in [-0.25, -0.2) is 4.79 Å². The van der Waals surface area contributed by atoms with Crippen LogP contribution in [0.2, 0.25) is 0 Å². The molecule has 0 radical (unpaired) electrons. The molecule has 5 fully saturated rings. The lowest BCUT2D eigenvalue weighted by molar-refractivity contribution is -0.0504. The lowest BCUT2D eigenvalue weighted by Gasteiger charge is -2.57. The number of carbonyl (C=O) groups is 1. The number of pyridine rings is 1. The zero-order valence-electron chi connectivity index (χ0n) is 17.0. The Balaban J connectivity index is 1.13. The second kappa shape index (κ2) is 6.78. The van der Waals surface area contributed by atoms with Crippen molar-refractivity contribution in [2.45, 2.75) is 75.8 Å². The van der Waals surface area contributed by atoms with Gasteiger partial charge in [0.25, 0.3) is 0 Å². The van der Waals surface area contributed by atoms with Gasteiger partial charge in [-0.1, -0.05) is 11.3 Å². The first-order valence-electron chi connectivity index (χ1n) is 11.6. The summed E-state index contributed by atoms with van der Waals surface area (Å²) in [7, 11) is 0. The lowest BCUT2D eigenvalue weighted by Crippen LogP contribution is -2.53. The van der Waals surface area contributed by atoms with Gasteiger partial charge in [0.2, 0.25) is 0 Å². The van der Waals surface area contributed by atoms with Gasteiger partial charge < -0.3 is 5.32 Å². The van der Waals surface area contributed by atoms with Crippen LogP contribution in [0.25, 0.3) is 0 Å². The third-order valence-electron chi connectivity index (χ3n) is 8.48. The van der Waals surface area contributed by atoms with Gasteiger partial charge in [0, 0.05) is 24.4 Å². The fourth-order valence-electron chi connectivity index (χ4n) is 7.66. The second-order valence-corrected chi connectivity index (χ2v) is 10.5. The summed E-state index contributed by atoms with van der Waals surface area (Å²) in [6.45, 7) is 0.821. The van der Waals surface area contributed by atoms with E-state index in [-0.39, 0.29) is 24.0 Å². The number of fused-ring (bicyclic) bond motifs is 3. The van der Waals surface area contributed by atoms with Crippen LogP contribution in [0.3, 0.4) is 0 Å². The molecule has 6 heteroatoms.